The average Bonchev–Trinajstić information content (AvgIpc) is 2.75. The topological polar surface area (TPSA) is 36.3 Å². The van der Waals surface area contributed by atoms with Gasteiger partial charge in [-0.1, -0.05) is 15.9 Å². The molecular weight excluding hydrogens is 344 g/mol. The number of halogens is 2. The van der Waals surface area contributed by atoms with Crippen molar-refractivity contribution in [2.24, 2.45) is 0 Å². The summed E-state index contributed by atoms with van der Waals surface area (Å²) in [6.45, 7) is 1.25. The number of hydrogen-bond acceptors (Lipinski definition) is 3. The van der Waals surface area contributed by atoms with Crippen LogP contribution < -0.4 is 0 Å². The van der Waals surface area contributed by atoms with Crippen LogP contribution in [0.4, 0.5) is 0 Å². The zero-order valence-corrected chi connectivity index (χ0v) is 13.9. The molecule has 110 valence electrons. The molecule has 2 aromatic rings. The third-order valence-corrected chi connectivity index (χ3v) is 3.86. The number of alkyl halides is 1. The molecule has 2 rings (SSSR count). The maximum Gasteiger partial charge on any atom is 0.111 e. The van der Waals surface area contributed by atoms with E-state index >= 15 is 0 Å². The Morgan fingerprint density at radius 2 is 2.20 bits per heavy atom. The molecule has 1 atom stereocenters. The first-order chi connectivity index (χ1) is 9.69. The molecule has 0 saturated carbocycles. The number of fused-ring (bicyclic) bond motifs is 1. The number of aryl methyl sites for hydroxylation is 1. The van der Waals surface area contributed by atoms with Crippen LogP contribution in [-0.4, -0.2) is 42.4 Å². The summed E-state index contributed by atoms with van der Waals surface area (Å²) in [5.41, 5.74) is 2.05. The van der Waals surface area contributed by atoms with E-state index in [-0.39, 0.29) is 6.10 Å². The van der Waals surface area contributed by atoms with E-state index in [9.17, 15) is 0 Å². The second-order valence-electron chi connectivity index (χ2n) is 4.52. The van der Waals surface area contributed by atoms with E-state index < -0.39 is 0 Å². The van der Waals surface area contributed by atoms with E-state index in [1.165, 1.54) is 0 Å². The van der Waals surface area contributed by atoms with Gasteiger partial charge in [-0.3, -0.25) is 0 Å². The Morgan fingerprint density at radius 3 is 2.85 bits per heavy atom. The molecule has 1 unspecified atom stereocenters. The summed E-state index contributed by atoms with van der Waals surface area (Å²) in [7, 11) is 3.37. The number of imidazole rings is 1. The van der Waals surface area contributed by atoms with Gasteiger partial charge in [0.05, 0.1) is 30.3 Å². The number of methoxy groups -OCH3 is 2. The monoisotopic (exact) mass is 360 g/mol. The number of nitrogens with zero attached hydrogens (tertiary/aromatic N) is 2. The van der Waals surface area contributed by atoms with E-state index in [1.807, 2.05) is 12.1 Å². The van der Waals surface area contributed by atoms with Crippen molar-refractivity contribution in [1.82, 2.24) is 9.55 Å². The lowest BCUT2D eigenvalue weighted by Crippen LogP contribution is -2.24. The summed E-state index contributed by atoms with van der Waals surface area (Å²) in [4.78, 5) is 4.66. The van der Waals surface area contributed by atoms with Gasteiger partial charge in [-0.15, -0.1) is 11.6 Å². The summed E-state index contributed by atoms with van der Waals surface area (Å²) in [6, 6.07) is 6.09. The fraction of sp³-hybridized carbons (Fsp3) is 0.500. The van der Waals surface area contributed by atoms with Gasteiger partial charge in [0.25, 0.3) is 0 Å². The molecule has 0 aliphatic heterocycles. The highest BCUT2D eigenvalue weighted by Crippen LogP contribution is 2.22. The smallest absolute Gasteiger partial charge is 0.111 e. The van der Waals surface area contributed by atoms with Gasteiger partial charge in [-0.05, 0) is 18.2 Å². The molecule has 1 aromatic heterocycles. The van der Waals surface area contributed by atoms with Gasteiger partial charge in [0.1, 0.15) is 5.82 Å². The summed E-state index contributed by atoms with van der Waals surface area (Å²) < 4.78 is 13.8. The predicted molar refractivity (Wildman–Crippen MR) is 84.5 cm³/mol. The summed E-state index contributed by atoms with van der Waals surface area (Å²) >= 11 is 9.35. The predicted octanol–water partition coefficient (Wildman–Crippen LogP) is 3.24. The Bertz CT molecular complexity index is 574. The van der Waals surface area contributed by atoms with E-state index in [4.69, 9.17) is 21.1 Å². The molecule has 4 nitrogen and oxygen atoms in total. The molecule has 1 aromatic carbocycles. The molecular formula is C14H18BrClN2O2. The minimum absolute atomic E-state index is 0.00452. The molecule has 20 heavy (non-hydrogen) atoms. The number of hydrogen-bond donors (Lipinski definition) is 0. The molecule has 1 heterocycles. The summed E-state index contributed by atoms with van der Waals surface area (Å²) in [5, 5.41) is 0. The van der Waals surface area contributed by atoms with Crippen molar-refractivity contribution in [3.05, 3.63) is 28.5 Å². The fourth-order valence-corrected chi connectivity index (χ4v) is 2.73. The Morgan fingerprint density at radius 1 is 1.40 bits per heavy atom. The lowest BCUT2D eigenvalue weighted by atomic mass is 10.3. The first-order valence-electron chi connectivity index (χ1n) is 6.42. The van der Waals surface area contributed by atoms with Gasteiger partial charge in [-0.2, -0.15) is 0 Å². The first kappa shape index (κ1) is 15.8. The van der Waals surface area contributed by atoms with Gasteiger partial charge < -0.3 is 14.0 Å². The highest BCUT2D eigenvalue weighted by Gasteiger charge is 2.15. The molecule has 6 heteroatoms. The van der Waals surface area contributed by atoms with E-state index in [0.29, 0.717) is 19.0 Å². The van der Waals surface area contributed by atoms with Crippen LogP contribution in [0.15, 0.2) is 22.7 Å². The van der Waals surface area contributed by atoms with Gasteiger partial charge in [0, 0.05) is 31.0 Å². The Labute approximate surface area is 132 Å². The van der Waals surface area contributed by atoms with Gasteiger partial charge in [0.15, 0.2) is 0 Å². The van der Waals surface area contributed by atoms with Crippen LogP contribution in [0.1, 0.15) is 5.82 Å². The van der Waals surface area contributed by atoms with Crippen molar-refractivity contribution >= 4 is 38.6 Å². The highest BCUT2D eigenvalue weighted by molar-refractivity contribution is 9.10. The van der Waals surface area contributed by atoms with Crippen LogP contribution in [0.25, 0.3) is 11.0 Å². The van der Waals surface area contributed by atoms with Crippen molar-refractivity contribution in [3.8, 4) is 0 Å². The lowest BCUT2D eigenvalue weighted by Gasteiger charge is -2.17. The molecule has 0 aliphatic carbocycles. The highest BCUT2D eigenvalue weighted by atomic mass is 79.9. The third kappa shape index (κ3) is 3.52. The number of aromatic nitrogens is 2. The van der Waals surface area contributed by atoms with E-state index in [1.54, 1.807) is 14.2 Å². The normalized spacial score (nSPS) is 13.0. The summed E-state index contributed by atoms with van der Waals surface area (Å²) in [6.07, 6.45) is 0.729. The second-order valence-corrected chi connectivity index (χ2v) is 5.82. The van der Waals surface area contributed by atoms with Crippen LogP contribution in [-0.2, 0) is 22.4 Å². The molecule has 0 N–H and O–H groups in total. The number of rotatable bonds is 7. The van der Waals surface area contributed by atoms with E-state index in [0.717, 1.165) is 27.8 Å². The third-order valence-electron chi connectivity index (χ3n) is 3.18. The fourth-order valence-electron chi connectivity index (χ4n) is 2.22. The largest absolute Gasteiger partial charge is 0.382 e. The molecule has 0 spiro atoms. The van der Waals surface area contributed by atoms with Crippen molar-refractivity contribution in [1.29, 1.82) is 0 Å². The molecule has 0 radical (unpaired) electrons. The van der Waals surface area contributed by atoms with Crippen LogP contribution >= 0.6 is 27.5 Å². The zero-order valence-electron chi connectivity index (χ0n) is 11.6. The van der Waals surface area contributed by atoms with Crippen LogP contribution in [0.3, 0.4) is 0 Å². The first-order valence-corrected chi connectivity index (χ1v) is 7.74. The molecule has 0 amide bonds. The number of ether oxygens (including phenoxy) is 2. The number of benzene rings is 1. The van der Waals surface area contributed by atoms with Gasteiger partial charge in [-0.25, -0.2) is 4.98 Å². The van der Waals surface area contributed by atoms with Crippen LogP contribution in [0.5, 0.6) is 0 Å². The standard InChI is InChI=1S/C14H18BrClN2O2/c1-19-9-11(20-2)8-18-13-4-3-10(15)7-12(13)17-14(18)5-6-16/h3-4,7,11H,5-6,8-9H2,1-2H3. The second kappa shape index (κ2) is 7.41. The molecule has 0 saturated heterocycles. The maximum absolute atomic E-state index is 5.88. The van der Waals surface area contributed by atoms with Crippen LogP contribution in [0.2, 0.25) is 0 Å². The van der Waals surface area contributed by atoms with Gasteiger partial charge >= 0.3 is 0 Å². The summed E-state index contributed by atoms with van der Waals surface area (Å²) in [5.74, 6) is 1.53. The quantitative estimate of drug-likeness (QED) is 0.710. The molecule has 0 bridgehead atoms. The average molecular weight is 362 g/mol. The molecule has 0 aliphatic rings. The Hall–Kier alpha value is -0.620. The van der Waals surface area contributed by atoms with Crippen molar-refractivity contribution < 1.29 is 9.47 Å². The van der Waals surface area contributed by atoms with Crippen molar-refractivity contribution in [3.63, 3.8) is 0 Å². The zero-order chi connectivity index (χ0) is 14.5. The molecule has 0 fully saturated rings. The maximum atomic E-state index is 5.88. The van der Waals surface area contributed by atoms with Crippen LogP contribution in [0, 0.1) is 0 Å². The van der Waals surface area contributed by atoms with Crippen molar-refractivity contribution in [2.75, 3.05) is 26.7 Å². The van der Waals surface area contributed by atoms with Crippen molar-refractivity contribution in [2.45, 2.75) is 19.1 Å². The Balaban J connectivity index is 2.39. The lowest BCUT2D eigenvalue weighted by molar-refractivity contribution is 0.0186. The van der Waals surface area contributed by atoms with Gasteiger partial charge in [0.2, 0.25) is 0 Å². The minimum atomic E-state index is -0.00452. The SMILES string of the molecule is COCC(Cn1c(CCCl)nc2cc(Br)ccc21)OC. The van der Waals surface area contributed by atoms with E-state index in [2.05, 4.69) is 31.5 Å². The Kier molecular flexibility index (Phi) is 5.84. The minimum Gasteiger partial charge on any atom is -0.382 e.